The van der Waals surface area contributed by atoms with Gasteiger partial charge in [-0.1, -0.05) is 30.3 Å². The molecule has 0 aliphatic carbocycles. The molecule has 0 saturated carbocycles. The molecule has 2 aromatic rings. The first kappa shape index (κ1) is 17.2. The Labute approximate surface area is 139 Å². The number of anilines is 2. The summed E-state index contributed by atoms with van der Waals surface area (Å²) in [5.41, 5.74) is 1.91. The maximum absolute atomic E-state index is 4.66. The molecule has 2 rings (SSSR count). The second-order valence-electron chi connectivity index (χ2n) is 6.93. The summed E-state index contributed by atoms with van der Waals surface area (Å²) in [4.78, 5) is 11.4. The fraction of sp³-hybridized carbons (Fsp3) is 0.444. The molecule has 0 aliphatic rings. The topological polar surface area (TPSA) is 53.1 Å². The fourth-order valence-electron chi connectivity index (χ4n) is 2.09. The van der Waals surface area contributed by atoms with Crippen LogP contribution in [0.1, 0.15) is 20.8 Å². The van der Waals surface area contributed by atoms with Crippen LogP contribution in [0.15, 0.2) is 36.4 Å². The van der Waals surface area contributed by atoms with Crippen molar-refractivity contribution in [2.45, 2.75) is 26.3 Å². The molecule has 124 valence electrons. The normalized spacial score (nSPS) is 11.6. The van der Waals surface area contributed by atoms with Crippen molar-refractivity contribution >= 4 is 11.8 Å². The third-order valence-corrected chi connectivity index (χ3v) is 3.15. The van der Waals surface area contributed by atoms with Gasteiger partial charge in [0, 0.05) is 30.3 Å². The number of aromatic nitrogens is 2. The van der Waals surface area contributed by atoms with Gasteiger partial charge in [0.2, 0.25) is 5.95 Å². The Bertz CT molecular complexity index is 617. The third-order valence-electron chi connectivity index (χ3n) is 3.15. The van der Waals surface area contributed by atoms with Gasteiger partial charge in [-0.2, -0.15) is 4.98 Å². The average Bonchev–Trinajstić information content (AvgIpc) is 2.46. The standard InChI is InChI=1S/C18H27N5/c1-18(2,3)22-17-20-15(14-9-7-6-8-10-14)13-16(21-17)19-11-12-23(4)5/h6-10,13H,11-12H2,1-5H3,(H2,19,20,21,22). The van der Waals surface area contributed by atoms with E-state index < -0.39 is 0 Å². The summed E-state index contributed by atoms with van der Waals surface area (Å²) >= 11 is 0. The Kier molecular flexibility index (Phi) is 5.55. The Hall–Kier alpha value is -2.14. The molecule has 0 saturated heterocycles. The molecule has 0 amide bonds. The number of hydrogen-bond donors (Lipinski definition) is 2. The lowest BCUT2D eigenvalue weighted by molar-refractivity contribution is 0.425. The van der Waals surface area contributed by atoms with Crippen LogP contribution in [-0.2, 0) is 0 Å². The number of nitrogens with zero attached hydrogens (tertiary/aromatic N) is 3. The van der Waals surface area contributed by atoms with Crippen LogP contribution < -0.4 is 10.6 Å². The fourth-order valence-corrected chi connectivity index (χ4v) is 2.09. The molecule has 0 radical (unpaired) electrons. The number of benzene rings is 1. The smallest absolute Gasteiger partial charge is 0.225 e. The van der Waals surface area contributed by atoms with E-state index in [9.17, 15) is 0 Å². The highest BCUT2D eigenvalue weighted by Gasteiger charge is 2.13. The summed E-state index contributed by atoms with van der Waals surface area (Å²) in [6.45, 7) is 8.10. The van der Waals surface area contributed by atoms with Crippen LogP contribution in [-0.4, -0.2) is 47.6 Å². The summed E-state index contributed by atoms with van der Waals surface area (Å²) in [5.74, 6) is 1.48. The summed E-state index contributed by atoms with van der Waals surface area (Å²) in [5, 5.41) is 6.74. The molecular formula is C18H27N5. The molecule has 0 bridgehead atoms. The van der Waals surface area contributed by atoms with E-state index >= 15 is 0 Å². The van der Waals surface area contributed by atoms with Gasteiger partial charge < -0.3 is 15.5 Å². The van der Waals surface area contributed by atoms with E-state index in [1.54, 1.807) is 0 Å². The van der Waals surface area contributed by atoms with Gasteiger partial charge in [-0.3, -0.25) is 0 Å². The van der Waals surface area contributed by atoms with Crippen molar-refractivity contribution < 1.29 is 0 Å². The first-order chi connectivity index (χ1) is 10.8. The average molecular weight is 313 g/mol. The van der Waals surface area contributed by atoms with Gasteiger partial charge in [-0.15, -0.1) is 0 Å². The van der Waals surface area contributed by atoms with Gasteiger partial charge in [0.15, 0.2) is 0 Å². The van der Waals surface area contributed by atoms with Crippen molar-refractivity contribution in [3.63, 3.8) is 0 Å². The predicted octanol–water partition coefficient (Wildman–Crippen LogP) is 3.33. The van der Waals surface area contributed by atoms with Crippen LogP contribution in [0, 0.1) is 0 Å². The van der Waals surface area contributed by atoms with Crippen molar-refractivity contribution in [1.82, 2.24) is 14.9 Å². The summed E-state index contributed by atoms with van der Waals surface area (Å²) in [6.07, 6.45) is 0. The molecule has 0 unspecified atom stereocenters. The summed E-state index contributed by atoms with van der Waals surface area (Å²) < 4.78 is 0. The maximum Gasteiger partial charge on any atom is 0.225 e. The lowest BCUT2D eigenvalue weighted by Crippen LogP contribution is -2.28. The molecule has 2 N–H and O–H groups in total. The highest BCUT2D eigenvalue weighted by Crippen LogP contribution is 2.22. The van der Waals surface area contributed by atoms with E-state index in [-0.39, 0.29) is 5.54 Å². The molecule has 0 fully saturated rings. The van der Waals surface area contributed by atoms with Gasteiger partial charge in [0.25, 0.3) is 0 Å². The minimum atomic E-state index is -0.0871. The molecule has 1 aromatic carbocycles. The van der Waals surface area contributed by atoms with Crippen LogP contribution in [0.2, 0.25) is 0 Å². The lowest BCUT2D eigenvalue weighted by atomic mass is 10.1. The van der Waals surface area contributed by atoms with Crippen LogP contribution in [0.25, 0.3) is 11.3 Å². The lowest BCUT2D eigenvalue weighted by Gasteiger charge is -2.21. The maximum atomic E-state index is 4.66. The Morgan fingerprint density at radius 1 is 1.04 bits per heavy atom. The molecule has 23 heavy (non-hydrogen) atoms. The minimum Gasteiger partial charge on any atom is -0.369 e. The van der Waals surface area contributed by atoms with E-state index in [1.807, 2.05) is 24.3 Å². The molecular weight excluding hydrogens is 286 g/mol. The van der Waals surface area contributed by atoms with Gasteiger partial charge in [-0.05, 0) is 34.9 Å². The predicted molar refractivity (Wildman–Crippen MR) is 97.9 cm³/mol. The van der Waals surface area contributed by atoms with Gasteiger partial charge in [0.05, 0.1) is 5.69 Å². The van der Waals surface area contributed by atoms with Crippen molar-refractivity contribution in [3.8, 4) is 11.3 Å². The van der Waals surface area contributed by atoms with Crippen LogP contribution in [0.4, 0.5) is 11.8 Å². The zero-order chi connectivity index (χ0) is 16.9. The summed E-state index contributed by atoms with van der Waals surface area (Å²) in [7, 11) is 4.12. The first-order valence-electron chi connectivity index (χ1n) is 7.95. The molecule has 5 nitrogen and oxygen atoms in total. The van der Waals surface area contributed by atoms with E-state index in [2.05, 4.69) is 72.5 Å². The van der Waals surface area contributed by atoms with Crippen molar-refractivity contribution in [2.75, 3.05) is 37.8 Å². The Balaban J connectivity index is 2.28. The third kappa shape index (κ3) is 5.87. The highest BCUT2D eigenvalue weighted by atomic mass is 15.2. The Morgan fingerprint density at radius 2 is 1.74 bits per heavy atom. The number of hydrogen-bond acceptors (Lipinski definition) is 5. The van der Waals surface area contributed by atoms with Crippen LogP contribution >= 0.6 is 0 Å². The quantitative estimate of drug-likeness (QED) is 0.857. The Morgan fingerprint density at radius 3 is 2.35 bits per heavy atom. The molecule has 1 heterocycles. The van der Waals surface area contributed by atoms with E-state index in [0.717, 1.165) is 30.2 Å². The SMILES string of the molecule is CN(C)CCNc1cc(-c2ccccc2)nc(NC(C)(C)C)n1. The molecule has 1 aromatic heterocycles. The molecule has 0 atom stereocenters. The van der Waals surface area contributed by atoms with Gasteiger partial charge in [-0.25, -0.2) is 4.98 Å². The minimum absolute atomic E-state index is 0.0871. The molecule has 0 aliphatic heterocycles. The van der Waals surface area contributed by atoms with Gasteiger partial charge in [0.1, 0.15) is 5.82 Å². The zero-order valence-electron chi connectivity index (χ0n) is 14.7. The highest BCUT2D eigenvalue weighted by molar-refractivity contribution is 5.64. The molecule has 5 heteroatoms. The summed E-state index contributed by atoms with van der Waals surface area (Å²) in [6, 6.07) is 12.2. The van der Waals surface area contributed by atoms with Crippen molar-refractivity contribution in [3.05, 3.63) is 36.4 Å². The molecule has 0 spiro atoms. The van der Waals surface area contributed by atoms with E-state index in [4.69, 9.17) is 0 Å². The van der Waals surface area contributed by atoms with Crippen molar-refractivity contribution in [2.24, 2.45) is 0 Å². The monoisotopic (exact) mass is 313 g/mol. The van der Waals surface area contributed by atoms with E-state index in [1.165, 1.54) is 0 Å². The van der Waals surface area contributed by atoms with Crippen LogP contribution in [0.5, 0.6) is 0 Å². The van der Waals surface area contributed by atoms with Gasteiger partial charge >= 0.3 is 0 Å². The number of rotatable bonds is 6. The number of nitrogens with one attached hydrogen (secondary N) is 2. The second-order valence-corrected chi connectivity index (χ2v) is 6.93. The second kappa shape index (κ2) is 7.42. The first-order valence-corrected chi connectivity index (χ1v) is 7.95. The van der Waals surface area contributed by atoms with Crippen molar-refractivity contribution in [1.29, 1.82) is 0 Å². The zero-order valence-corrected chi connectivity index (χ0v) is 14.7. The number of likely N-dealkylation sites (N-methyl/N-ethyl adjacent to an activating group) is 1. The van der Waals surface area contributed by atoms with Crippen LogP contribution in [0.3, 0.4) is 0 Å². The largest absolute Gasteiger partial charge is 0.369 e. The van der Waals surface area contributed by atoms with E-state index in [0.29, 0.717) is 5.95 Å².